The Bertz CT molecular complexity index is 1270. The minimum atomic E-state index is 0.0433. The number of likely N-dealkylation sites (tertiary alicyclic amines) is 1. The highest BCUT2D eigenvalue weighted by Gasteiger charge is 2.40. The van der Waals surface area contributed by atoms with Gasteiger partial charge in [0, 0.05) is 24.2 Å². The molecule has 0 bridgehead atoms. The maximum absolute atomic E-state index is 13.9. The summed E-state index contributed by atoms with van der Waals surface area (Å²) in [6.07, 6.45) is 8.31. The molecular weight excluding hydrogens is 458 g/mol. The van der Waals surface area contributed by atoms with Crippen LogP contribution in [-0.4, -0.2) is 47.1 Å². The van der Waals surface area contributed by atoms with Gasteiger partial charge in [-0.05, 0) is 94.3 Å². The quantitative estimate of drug-likeness (QED) is 0.436. The van der Waals surface area contributed by atoms with Crippen molar-refractivity contribution in [1.29, 1.82) is 0 Å². The standard InChI is InChI=1S/C31H37N5O/c1-21-6-4-7-22(2)29(21)35-20-26-19-32-28(33-30(26)36(31(35)37)27-8-5-9-27)18-23-10-12-24(13-11-23)25-14-16-34(3)17-15-25/h4,6-7,10-13,19,25,27H,5,8-9,14-18,20H2,1-3H3. The van der Waals surface area contributed by atoms with Gasteiger partial charge in [-0.2, -0.15) is 0 Å². The summed E-state index contributed by atoms with van der Waals surface area (Å²) in [5, 5.41) is 0. The maximum atomic E-state index is 13.9. The van der Waals surface area contributed by atoms with Crippen LogP contribution in [0.3, 0.4) is 0 Å². The number of hydrogen-bond donors (Lipinski definition) is 0. The number of carbonyl (C=O) groups excluding carboxylic acids is 1. The Balaban J connectivity index is 1.26. The van der Waals surface area contributed by atoms with E-state index in [2.05, 4.69) is 68.3 Å². The molecule has 1 saturated carbocycles. The molecule has 37 heavy (non-hydrogen) atoms. The highest BCUT2D eigenvalue weighted by Crippen LogP contribution is 2.38. The van der Waals surface area contributed by atoms with Crippen molar-refractivity contribution >= 4 is 17.5 Å². The predicted octanol–water partition coefficient (Wildman–Crippen LogP) is 5.99. The number of nitrogens with zero attached hydrogens (tertiary/aromatic N) is 5. The van der Waals surface area contributed by atoms with Crippen molar-refractivity contribution in [2.75, 3.05) is 29.9 Å². The Morgan fingerprint density at radius 1 is 0.946 bits per heavy atom. The Labute approximate surface area is 220 Å². The summed E-state index contributed by atoms with van der Waals surface area (Å²) in [5.41, 5.74) is 6.92. The van der Waals surface area contributed by atoms with E-state index in [-0.39, 0.29) is 12.1 Å². The summed E-state index contributed by atoms with van der Waals surface area (Å²) in [5.74, 6) is 2.25. The van der Waals surface area contributed by atoms with E-state index >= 15 is 0 Å². The number of amides is 2. The molecule has 0 atom stereocenters. The smallest absolute Gasteiger partial charge is 0.306 e. The fourth-order valence-electron chi connectivity index (χ4n) is 6.11. The lowest BCUT2D eigenvalue weighted by atomic mass is 9.89. The van der Waals surface area contributed by atoms with Gasteiger partial charge < -0.3 is 4.90 Å². The molecule has 2 fully saturated rings. The molecule has 0 radical (unpaired) electrons. The lowest BCUT2D eigenvalue weighted by molar-refractivity contribution is 0.242. The summed E-state index contributed by atoms with van der Waals surface area (Å²) in [4.78, 5) is 30.0. The molecule has 3 aliphatic rings. The van der Waals surface area contributed by atoms with E-state index in [9.17, 15) is 4.79 Å². The highest BCUT2D eigenvalue weighted by atomic mass is 16.2. The molecule has 1 saturated heterocycles. The normalized spacial score (nSPS) is 19.2. The number of benzene rings is 2. The molecule has 6 rings (SSSR count). The fourth-order valence-corrected chi connectivity index (χ4v) is 6.11. The van der Waals surface area contributed by atoms with Crippen LogP contribution in [0.5, 0.6) is 0 Å². The van der Waals surface area contributed by atoms with Crippen molar-refractivity contribution < 1.29 is 4.79 Å². The molecule has 0 unspecified atom stereocenters. The molecule has 192 valence electrons. The van der Waals surface area contributed by atoms with Gasteiger partial charge in [0.2, 0.25) is 0 Å². The molecule has 6 nitrogen and oxygen atoms in total. The molecule has 2 aliphatic heterocycles. The van der Waals surface area contributed by atoms with E-state index in [1.54, 1.807) is 0 Å². The molecular formula is C31H37N5O. The van der Waals surface area contributed by atoms with Crippen LogP contribution in [0, 0.1) is 13.8 Å². The summed E-state index contributed by atoms with van der Waals surface area (Å²) in [6.45, 7) is 7.01. The molecule has 2 amide bonds. The van der Waals surface area contributed by atoms with Gasteiger partial charge in [-0.15, -0.1) is 0 Å². The Morgan fingerprint density at radius 3 is 2.30 bits per heavy atom. The van der Waals surface area contributed by atoms with E-state index in [1.165, 1.54) is 37.1 Å². The number of piperidine rings is 1. The number of aromatic nitrogens is 2. The van der Waals surface area contributed by atoms with E-state index < -0.39 is 0 Å². The van der Waals surface area contributed by atoms with Gasteiger partial charge in [-0.25, -0.2) is 14.8 Å². The first-order valence-corrected chi connectivity index (χ1v) is 13.8. The molecule has 3 heterocycles. The van der Waals surface area contributed by atoms with Gasteiger partial charge in [0.05, 0.1) is 12.2 Å². The number of hydrogen-bond acceptors (Lipinski definition) is 4. The van der Waals surface area contributed by atoms with E-state index in [0.717, 1.165) is 53.3 Å². The third-order valence-electron chi connectivity index (χ3n) is 8.57. The highest BCUT2D eigenvalue weighted by molar-refractivity contribution is 6.06. The number of aryl methyl sites for hydroxylation is 2. The van der Waals surface area contributed by atoms with Crippen LogP contribution in [0.25, 0.3) is 0 Å². The molecule has 1 aliphatic carbocycles. The SMILES string of the molecule is Cc1cccc(C)c1N1Cc2cnc(Cc3ccc(C4CCN(C)CC4)cc3)nc2N(C2CCC2)C1=O. The molecule has 0 N–H and O–H groups in total. The van der Waals surface area contributed by atoms with E-state index in [0.29, 0.717) is 18.9 Å². The van der Waals surface area contributed by atoms with Crippen LogP contribution in [0.2, 0.25) is 0 Å². The zero-order chi connectivity index (χ0) is 25.5. The second-order valence-corrected chi connectivity index (χ2v) is 11.2. The van der Waals surface area contributed by atoms with Crippen molar-refractivity contribution in [2.45, 2.75) is 70.9 Å². The maximum Gasteiger partial charge on any atom is 0.330 e. The van der Waals surface area contributed by atoms with Gasteiger partial charge in [-0.1, -0.05) is 42.5 Å². The van der Waals surface area contributed by atoms with Crippen LogP contribution in [-0.2, 0) is 13.0 Å². The second kappa shape index (κ2) is 9.90. The monoisotopic (exact) mass is 495 g/mol. The fraction of sp³-hybridized carbons (Fsp3) is 0.452. The van der Waals surface area contributed by atoms with E-state index in [4.69, 9.17) is 9.97 Å². The molecule has 3 aromatic rings. The van der Waals surface area contributed by atoms with Gasteiger partial charge in [-0.3, -0.25) is 9.80 Å². The average molecular weight is 496 g/mol. The number of rotatable bonds is 5. The van der Waals surface area contributed by atoms with Gasteiger partial charge in [0.1, 0.15) is 11.6 Å². The van der Waals surface area contributed by atoms with Crippen molar-refractivity contribution in [2.24, 2.45) is 0 Å². The van der Waals surface area contributed by atoms with Crippen LogP contribution >= 0.6 is 0 Å². The van der Waals surface area contributed by atoms with Gasteiger partial charge in [0.15, 0.2) is 0 Å². The molecule has 1 aromatic heterocycles. The minimum absolute atomic E-state index is 0.0433. The Morgan fingerprint density at radius 2 is 1.65 bits per heavy atom. The summed E-state index contributed by atoms with van der Waals surface area (Å²) < 4.78 is 0. The predicted molar refractivity (Wildman–Crippen MR) is 148 cm³/mol. The first kappa shape index (κ1) is 24.1. The summed E-state index contributed by atoms with van der Waals surface area (Å²) in [7, 11) is 2.21. The lowest BCUT2D eigenvalue weighted by Crippen LogP contribution is -2.54. The third kappa shape index (κ3) is 4.63. The van der Waals surface area contributed by atoms with Gasteiger partial charge in [0.25, 0.3) is 0 Å². The first-order valence-electron chi connectivity index (χ1n) is 13.8. The zero-order valence-corrected chi connectivity index (χ0v) is 22.3. The number of anilines is 2. The van der Waals surface area contributed by atoms with Crippen molar-refractivity contribution in [3.05, 3.63) is 82.3 Å². The average Bonchev–Trinajstić information content (AvgIpc) is 2.86. The van der Waals surface area contributed by atoms with Crippen molar-refractivity contribution in [1.82, 2.24) is 14.9 Å². The van der Waals surface area contributed by atoms with Crippen LogP contribution in [0.1, 0.15) is 71.7 Å². The Hall–Kier alpha value is -3.25. The third-order valence-corrected chi connectivity index (χ3v) is 8.57. The van der Waals surface area contributed by atoms with Gasteiger partial charge >= 0.3 is 6.03 Å². The number of carbonyl (C=O) groups is 1. The van der Waals surface area contributed by atoms with Crippen molar-refractivity contribution in [3.8, 4) is 0 Å². The number of para-hydroxylation sites is 1. The van der Waals surface area contributed by atoms with Crippen LogP contribution in [0.15, 0.2) is 48.7 Å². The first-order chi connectivity index (χ1) is 18.0. The molecule has 0 spiro atoms. The zero-order valence-electron chi connectivity index (χ0n) is 22.3. The van der Waals surface area contributed by atoms with Crippen LogP contribution < -0.4 is 9.80 Å². The molecule has 6 heteroatoms. The Kier molecular flexibility index (Phi) is 6.45. The van der Waals surface area contributed by atoms with E-state index in [1.807, 2.05) is 16.0 Å². The lowest BCUT2D eigenvalue weighted by Gasteiger charge is -2.44. The number of urea groups is 1. The largest absolute Gasteiger partial charge is 0.330 e. The summed E-state index contributed by atoms with van der Waals surface area (Å²) in [6, 6.07) is 15.5. The summed E-state index contributed by atoms with van der Waals surface area (Å²) >= 11 is 0. The van der Waals surface area contributed by atoms with Crippen molar-refractivity contribution in [3.63, 3.8) is 0 Å². The molecule has 2 aromatic carbocycles. The second-order valence-electron chi connectivity index (χ2n) is 11.2. The topological polar surface area (TPSA) is 52.6 Å². The van der Waals surface area contributed by atoms with Crippen LogP contribution in [0.4, 0.5) is 16.3 Å². The minimum Gasteiger partial charge on any atom is -0.306 e. The number of fused-ring (bicyclic) bond motifs is 1.